The van der Waals surface area contributed by atoms with Crippen molar-refractivity contribution in [2.75, 3.05) is 0 Å². The van der Waals surface area contributed by atoms with Crippen molar-refractivity contribution < 1.29 is 0 Å². The molecule has 5 aromatic rings. The molecule has 0 amide bonds. The third kappa shape index (κ3) is 3.17. The molecule has 2 heterocycles. The Morgan fingerprint density at radius 3 is 2.28 bits per heavy atom. The fourth-order valence-corrected chi connectivity index (χ4v) is 4.57. The second kappa shape index (κ2) is 7.53. The first-order valence-corrected chi connectivity index (χ1v) is 10.8. The van der Waals surface area contributed by atoms with Gasteiger partial charge in [0.1, 0.15) is 5.52 Å². The van der Waals surface area contributed by atoms with Crippen LogP contribution in [0.4, 0.5) is 0 Å². The van der Waals surface area contributed by atoms with Gasteiger partial charge in [0.2, 0.25) is 0 Å². The molecule has 0 aliphatic heterocycles. The van der Waals surface area contributed by atoms with E-state index in [0.29, 0.717) is 28.3 Å². The molecular formula is C26H22ClN3O2. The number of rotatable bonds is 3. The molecule has 0 bridgehead atoms. The van der Waals surface area contributed by atoms with Gasteiger partial charge in [-0.3, -0.25) is 9.36 Å². The molecular weight excluding hydrogens is 422 g/mol. The maximum atomic E-state index is 13.8. The van der Waals surface area contributed by atoms with Crippen LogP contribution >= 0.6 is 11.6 Å². The average Bonchev–Trinajstić information content (AvgIpc) is 3.04. The highest BCUT2D eigenvalue weighted by atomic mass is 35.5. The van der Waals surface area contributed by atoms with Gasteiger partial charge in [0.15, 0.2) is 0 Å². The zero-order valence-corrected chi connectivity index (χ0v) is 18.8. The Bertz CT molecular complexity index is 1620. The maximum Gasteiger partial charge on any atom is 0.336 e. The minimum absolute atomic E-state index is 0.301. The Hall–Kier alpha value is -3.57. The van der Waals surface area contributed by atoms with E-state index in [1.807, 2.05) is 74.0 Å². The van der Waals surface area contributed by atoms with Gasteiger partial charge in [0.05, 0.1) is 23.3 Å². The number of halogens is 1. The summed E-state index contributed by atoms with van der Waals surface area (Å²) in [5.41, 5.74) is 4.90. The van der Waals surface area contributed by atoms with Crippen LogP contribution in [0.1, 0.15) is 16.7 Å². The van der Waals surface area contributed by atoms with Crippen molar-refractivity contribution in [1.29, 1.82) is 0 Å². The van der Waals surface area contributed by atoms with E-state index in [1.54, 1.807) is 22.8 Å². The molecule has 0 fully saturated rings. The Kier molecular flexibility index (Phi) is 4.79. The van der Waals surface area contributed by atoms with Gasteiger partial charge in [0, 0.05) is 17.5 Å². The van der Waals surface area contributed by atoms with Crippen LogP contribution in [0.2, 0.25) is 5.02 Å². The lowest BCUT2D eigenvalue weighted by Crippen LogP contribution is -2.39. The summed E-state index contributed by atoms with van der Waals surface area (Å²) in [5.74, 6) is 0. The van der Waals surface area contributed by atoms with E-state index in [9.17, 15) is 9.59 Å². The Balaban J connectivity index is 1.94. The topological polar surface area (TPSA) is 48.9 Å². The van der Waals surface area contributed by atoms with Crippen molar-refractivity contribution >= 4 is 33.5 Å². The van der Waals surface area contributed by atoms with Crippen molar-refractivity contribution in [2.24, 2.45) is 7.05 Å². The van der Waals surface area contributed by atoms with Crippen LogP contribution in [-0.4, -0.2) is 13.7 Å². The van der Waals surface area contributed by atoms with E-state index in [1.165, 1.54) is 4.57 Å². The number of aromatic nitrogens is 3. The monoisotopic (exact) mass is 443 g/mol. The summed E-state index contributed by atoms with van der Waals surface area (Å²) in [6, 6.07) is 20.9. The van der Waals surface area contributed by atoms with Crippen LogP contribution in [0.3, 0.4) is 0 Å². The minimum atomic E-state index is -0.375. The lowest BCUT2D eigenvalue weighted by Gasteiger charge is -2.14. The summed E-state index contributed by atoms with van der Waals surface area (Å²) >= 11 is 6.21. The van der Waals surface area contributed by atoms with Gasteiger partial charge in [0.25, 0.3) is 5.56 Å². The first-order chi connectivity index (χ1) is 15.3. The Labute approximate surface area is 189 Å². The zero-order valence-electron chi connectivity index (χ0n) is 18.1. The molecule has 0 atom stereocenters. The van der Waals surface area contributed by atoms with Gasteiger partial charge >= 0.3 is 5.69 Å². The molecule has 6 heteroatoms. The lowest BCUT2D eigenvalue weighted by atomic mass is 10.1. The third-order valence-corrected chi connectivity index (χ3v) is 6.18. The molecule has 0 saturated carbocycles. The van der Waals surface area contributed by atoms with Crippen LogP contribution in [0.25, 0.3) is 27.6 Å². The molecule has 0 saturated heterocycles. The molecule has 0 spiro atoms. The van der Waals surface area contributed by atoms with E-state index >= 15 is 0 Å². The van der Waals surface area contributed by atoms with E-state index in [4.69, 9.17) is 11.6 Å². The number of hydrogen-bond donors (Lipinski definition) is 0. The molecule has 5 rings (SSSR count). The van der Waals surface area contributed by atoms with Crippen molar-refractivity contribution in [2.45, 2.75) is 20.4 Å². The van der Waals surface area contributed by atoms with E-state index in [-0.39, 0.29) is 11.2 Å². The largest absolute Gasteiger partial charge is 0.338 e. The minimum Gasteiger partial charge on any atom is -0.338 e. The van der Waals surface area contributed by atoms with Crippen LogP contribution in [0.5, 0.6) is 0 Å². The molecule has 0 aliphatic rings. The smallest absolute Gasteiger partial charge is 0.336 e. The van der Waals surface area contributed by atoms with E-state index in [0.717, 1.165) is 27.6 Å². The summed E-state index contributed by atoms with van der Waals surface area (Å²) in [6.07, 6.45) is 0. The van der Waals surface area contributed by atoms with Crippen molar-refractivity contribution in [3.63, 3.8) is 0 Å². The molecule has 0 N–H and O–H groups in total. The zero-order chi connectivity index (χ0) is 22.6. The van der Waals surface area contributed by atoms with Gasteiger partial charge in [-0.2, -0.15) is 0 Å². The average molecular weight is 444 g/mol. The molecule has 2 aromatic heterocycles. The molecule has 0 unspecified atom stereocenters. The van der Waals surface area contributed by atoms with E-state index in [2.05, 4.69) is 0 Å². The molecule has 3 aromatic carbocycles. The second-order valence-electron chi connectivity index (χ2n) is 8.25. The Morgan fingerprint density at radius 2 is 1.56 bits per heavy atom. The molecule has 0 radical (unpaired) electrons. The first kappa shape index (κ1) is 20.3. The number of fused-ring (bicyclic) bond motifs is 3. The fourth-order valence-electron chi connectivity index (χ4n) is 4.35. The summed E-state index contributed by atoms with van der Waals surface area (Å²) < 4.78 is 4.83. The number of nitrogens with zero attached hydrogens (tertiary/aromatic N) is 3. The van der Waals surface area contributed by atoms with Crippen LogP contribution < -0.4 is 11.2 Å². The fraction of sp³-hybridized carbons (Fsp3) is 0.154. The van der Waals surface area contributed by atoms with Gasteiger partial charge in [-0.1, -0.05) is 53.1 Å². The summed E-state index contributed by atoms with van der Waals surface area (Å²) in [4.78, 5) is 27.5. The predicted molar refractivity (Wildman–Crippen MR) is 130 cm³/mol. The van der Waals surface area contributed by atoms with Crippen molar-refractivity contribution in [3.8, 4) is 5.69 Å². The number of aryl methyl sites for hydroxylation is 3. The highest BCUT2D eigenvalue weighted by Gasteiger charge is 2.21. The standard InChI is InChI=1S/C26H22ClN3O2/c1-16-7-10-20(11-8-16)30-25(31)24-23(21-13-17(2)9-12-22(21)28(24)3)29(26(30)32)15-18-5-4-6-19(27)14-18/h4-14H,15H2,1-3H3. The quantitative estimate of drug-likeness (QED) is 0.395. The Morgan fingerprint density at radius 1 is 0.844 bits per heavy atom. The summed E-state index contributed by atoms with van der Waals surface area (Å²) in [6.45, 7) is 4.28. The lowest BCUT2D eigenvalue weighted by molar-refractivity contribution is 0.712. The molecule has 5 nitrogen and oxygen atoms in total. The third-order valence-electron chi connectivity index (χ3n) is 5.95. The maximum absolute atomic E-state index is 13.8. The second-order valence-corrected chi connectivity index (χ2v) is 8.69. The van der Waals surface area contributed by atoms with Crippen LogP contribution in [0, 0.1) is 13.8 Å². The van der Waals surface area contributed by atoms with E-state index < -0.39 is 0 Å². The van der Waals surface area contributed by atoms with Crippen LogP contribution in [0.15, 0.2) is 76.3 Å². The molecule has 160 valence electrons. The molecule has 32 heavy (non-hydrogen) atoms. The highest BCUT2D eigenvalue weighted by Crippen LogP contribution is 2.27. The van der Waals surface area contributed by atoms with Gasteiger partial charge in [-0.25, -0.2) is 9.36 Å². The summed E-state index contributed by atoms with van der Waals surface area (Å²) in [5, 5.41) is 1.49. The molecule has 0 aliphatic carbocycles. The number of benzene rings is 3. The predicted octanol–water partition coefficient (Wildman–Crippen LogP) is 4.96. The normalized spacial score (nSPS) is 11.5. The SMILES string of the molecule is Cc1ccc(-n2c(=O)c3c(c4cc(C)ccc4n3C)n(Cc3cccc(Cl)c3)c2=O)cc1. The van der Waals surface area contributed by atoms with Crippen LogP contribution in [-0.2, 0) is 13.6 Å². The van der Waals surface area contributed by atoms with Crippen molar-refractivity contribution in [3.05, 3.63) is 109 Å². The highest BCUT2D eigenvalue weighted by molar-refractivity contribution is 6.30. The van der Waals surface area contributed by atoms with Crippen molar-refractivity contribution in [1.82, 2.24) is 13.7 Å². The first-order valence-electron chi connectivity index (χ1n) is 10.4. The number of hydrogen-bond acceptors (Lipinski definition) is 2. The summed E-state index contributed by atoms with van der Waals surface area (Å²) in [7, 11) is 1.87. The van der Waals surface area contributed by atoms with Gasteiger partial charge in [-0.05, 0) is 55.8 Å². The van der Waals surface area contributed by atoms with Gasteiger partial charge in [-0.15, -0.1) is 0 Å². The van der Waals surface area contributed by atoms with Gasteiger partial charge < -0.3 is 4.57 Å².